The predicted molar refractivity (Wildman–Crippen MR) is 129 cm³/mol. The minimum absolute atomic E-state index is 0.00223. The van der Waals surface area contributed by atoms with Gasteiger partial charge in [-0.25, -0.2) is 13.2 Å². The lowest BCUT2D eigenvalue weighted by Gasteiger charge is -2.29. The summed E-state index contributed by atoms with van der Waals surface area (Å²) in [4.78, 5) is 0. The van der Waals surface area contributed by atoms with Crippen molar-refractivity contribution in [3.05, 3.63) is 64.2 Å². The van der Waals surface area contributed by atoms with Crippen LogP contribution in [-0.4, -0.2) is 19.9 Å². The molecule has 9 heteroatoms. The highest BCUT2D eigenvalue weighted by molar-refractivity contribution is 5.36. The van der Waals surface area contributed by atoms with Crippen molar-refractivity contribution in [1.29, 1.82) is 0 Å². The number of ether oxygens (including phenoxy) is 2. The van der Waals surface area contributed by atoms with Crippen LogP contribution in [0.5, 0.6) is 5.75 Å². The van der Waals surface area contributed by atoms with Gasteiger partial charge in [-0.3, -0.25) is 4.39 Å². The first kappa shape index (κ1) is 28.7. The molecule has 0 heterocycles. The lowest BCUT2D eigenvalue weighted by molar-refractivity contribution is -0.189. The molecule has 0 atom stereocenters. The molecule has 0 bridgehead atoms. The van der Waals surface area contributed by atoms with Crippen molar-refractivity contribution in [1.82, 2.24) is 0 Å². The maximum atomic E-state index is 14.9. The van der Waals surface area contributed by atoms with E-state index in [9.17, 15) is 30.7 Å². The molecule has 210 valence electrons. The fraction of sp³-hybridized carbons (Fsp3) is 0.586. The van der Waals surface area contributed by atoms with Gasteiger partial charge in [0.15, 0.2) is 23.2 Å². The smallest absolute Gasteiger partial charge is 0.426 e. The van der Waals surface area contributed by atoms with Gasteiger partial charge in [-0.1, -0.05) is 12.1 Å². The Hall–Kier alpha value is -2.29. The molecule has 4 rings (SSSR count). The molecule has 2 nitrogen and oxygen atoms in total. The third kappa shape index (κ3) is 6.13. The zero-order valence-electron chi connectivity index (χ0n) is 21.4. The van der Waals surface area contributed by atoms with E-state index in [1.807, 2.05) is 0 Å². The second kappa shape index (κ2) is 12.3. The third-order valence-electron chi connectivity index (χ3n) is 8.22. The van der Waals surface area contributed by atoms with Gasteiger partial charge in [-0.15, -0.1) is 0 Å². The molecular weight excluding hydrogens is 513 g/mol. The summed E-state index contributed by atoms with van der Waals surface area (Å²) in [6.07, 6.45) is 1.79. The topological polar surface area (TPSA) is 18.5 Å². The summed E-state index contributed by atoms with van der Waals surface area (Å²) in [6.45, 7) is -0.387. The molecular formula is C29H33F7O2. The van der Waals surface area contributed by atoms with Crippen molar-refractivity contribution in [2.24, 2.45) is 5.92 Å². The van der Waals surface area contributed by atoms with E-state index in [0.29, 0.717) is 50.9 Å². The second-order valence-electron chi connectivity index (χ2n) is 10.5. The lowest BCUT2D eigenvalue weighted by atomic mass is 9.77. The molecule has 0 aliphatic heterocycles. The summed E-state index contributed by atoms with van der Waals surface area (Å²) < 4.78 is 111. The van der Waals surface area contributed by atoms with E-state index in [1.54, 1.807) is 7.11 Å². The maximum absolute atomic E-state index is 14.9. The summed E-state index contributed by atoms with van der Waals surface area (Å²) >= 11 is 0. The summed E-state index contributed by atoms with van der Waals surface area (Å²) in [7, 11) is 1.58. The molecule has 0 radical (unpaired) electrons. The van der Waals surface area contributed by atoms with Crippen LogP contribution in [0, 0.1) is 29.2 Å². The minimum Gasteiger partial charge on any atom is -0.426 e. The van der Waals surface area contributed by atoms with Crippen LogP contribution >= 0.6 is 0 Å². The fourth-order valence-electron chi connectivity index (χ4n) is 5.98. The average molecular weight is 547 g/mol. The van der Waals surface area contributed by atoms with Crippen LogP contribution < -0.4 is 4.74 Å². The van der Waals surface area contributed by atoms with Crippen molar-refractivity contribution in [2.45, 2.75) is 88.3 Å². The molecule has 0 saturated heterocycles. The minimum atomic E-state index is -4.44. The number of hydrogen-bond donors (Lipinski definition) is 0. The van der Waals surface area contributed by atoms with E-state index in [4.69, 9.17) is 4.74 Å². The number of rotatable bonds is 9. The van der Waals surface area contributed by atoms with E-state index in [2.05, 4.69) is 4.74 Å². The molecule has 2 saturated carbocycles. The van der Waals surface area contributed by atoms with Gasteiger partial charge in [0.05, 0.1) is 12.8 Å². The van der Waals surface area contributed by atoms with Gasteiger partial charge in [0.25, 0.3) is 0 Å². The zero-order chi connectivity index (χ0) is 27.4. The SMILES string of the molecule is COC1CCC(c2ccc(C(F)(F)Oc3ccc(C4CCC(CCCF)CC4)c(F)c3F)c(F)c2F)CC1. The van der Waals surface area contributed by atoms with Gasteiger partial charge in [-0.05, 0) is 105 Å². The number of hydrogen-bond acceptors (Lipinski definition) is 2. The Morgan fingerprint density at radius 1 is 0.737 bits per heavy atom. The summed E-state index contributed by atoms with van der Waals surface area (Å²) in [5, 5.41) is 0. The number of methoxy groups -OCH3 is 1. The highest BCUT2D eigenvalue weighted by atomic mass is 19.3. The average Bonchev–Trinajstić information content (AvgIpc) is 2.92. The number of alkyl halides is 3. The number of halogens is 7. The van der Waals surface area contributed by atoms with Gasteiger partial charge in [0.2, 0.25) is 5.82 Å². The molecule has 0 N–H and O–H groups in total. The van der Waals surface area contributed by atoms with Crippen molar-refractivity contribution < 1.29 is 40.2 Å². The molecule has 2 aliphatic rings. The van der Waals surface area contributed by atoms with Crippen molar-refractivity contribution >= 4 is 0 Å². The standard InChI is InChI=1S/C29H33F7O2/c1-37-20-10-8-19(9-11-20)21-12-14-23(27(33)25(21)31)29(35,36)38-24-15-13-22(26(32)28(24)34)18-6-4-17(5-7-18)3-2-16-30/h12-15,17-20H,2-11,16H2,1H3. The van der Waals surface area contributed by atoms with Crippen LogP contribution in [0.2, 0.25) is 0 Å². The normalized spacial score (nSPS) is 24.4. The molecule has 2 aromatic rings. The highest BCUT2D eigenvalue weighted by Crippen LogP contribution is 2.43. The highest BCUT2D eigenvalue weighted by Gasteiger charge is 2.41. The van der Waals surface area contributed by atoms with E-state index in [-0.39, 0.29) is 35.7 Å². The summed E-state index contributed by atoms with van der Waals surface area (Å²) in [5.41, 5.74) is -1.33. The Kier molecular flexibility index (Phi) is 9.27. The molecule has 0 unspecified atom stereocenters. The zero-order valence-corrected chi connectivity index (χ0v) is 21.4. The second-order valence-corrected chi connectivity index (χ2v) is 10.5. The van der Waals surface area contributed by atoms with Crippen LogP contribution in [0.25, 0.3) is 0 Å². The van der Waals surface area contributed by atoms with E-state index in [0.717, 1.165) is 37.5 Å². The fourth-order valence-corrected chi connectivity index (χ4v) is 5.98. The van der Waals surface area contributed by atoms with Crippen LogP contribution in [0.4, 0.5) is 30.7 Å². The van der Waals surface area contributed by atoms with Crippen molar-refractivity contribution in [2.75, 3.05) is 13.8 Å². The first-order valence-corrected chi connectivity index (χ1v) is 13.3. The van der Waals surface area contributed by atoms with Crippen LogP contribution in [0.1, 0.15) is 92.7 Å². The van der Waals surface area contributed by atoms with Crippen LogP contribution in [0.3, 0.4) is 0 Å². The van der Waals surface area contributed by atoms with E-state index < -0.39 is 40.7 Å². The Balaban J connectivity index is 1.48. The molecule has 0 aromatic heterocycles. The molecule has 38 heavy (non-hydrogen) atoms. The molecule has 2 aromatic carbocycles. The molecule has 2 fully saturated rings. The molecule has 0 spiro atoms. The Morgan fingerprint density at radius 3 is 1.87 bits per heavy atom. The number of benzene rings is 2. The molecule has 0 amide bonds. The first-order chi connectivity index (χ1) is 18.2. The van der Waals surface area contributed by atoms with Gasteiger partial charge in [0.1, 0.15) is 5.56 Å². The van der Waals surface area contributed by atoms with Crippen LogP contribution in [0.15, 0.2) is 24.3 Å². The van der Waals surface area contributed by atoms with Gasteiger partial charge < -0.3 is 9.47 Å². The summed E-state index contributed by atoms with van der Waals surface area (Å²) in [5.74, 6) is -7.45. The van der Waals surface area contributed by atoms with Gasteiger partial charge in [-0.2, -0.15) is 13.2 Å². The Bertz CT molecular complexity index is 1090. The monoisotopic (exact) mass is 546 g/mol. The summed E-state index contributed by atoms with van der Waals surface area (Å²) in [6, 6.07) is 3.94. The Labute approximate surface area is 218 Å². The lowest BCUT2D eigenvalue weighted by Crippen LogP contribution is -2.26. The van der Waals surface area contributed by atoms with Crippen molar-refractivity contribution in [3.8, 4) is 5.75 Å². The van der Waals surface area contributed by atoms with E-state index >= 15 is 0 Å². The molecule has 2 aliphatic carbocycles. The maximum Gasteiger partial charge on any atom is 0.429 e. The Morgan fingerprint density at radius 2 is 1.29 bits per heavy atom. The predicted octanol–water partition coefficient (Wildman–Crippen LogP) is 9.07. The third-order valence-corrected chi connectivity index (χ3v) is 8.22. The first-order valence-electron chi connectivity index (χ1n) is 13.3. The largest absolute Gasteiger partial charge is 0.429 e. The van der Waals surface area contributed by atoms with E-state index in [1.165, 1.54) is 6.07 Å². The van der Waals surface area contributed by atoms with Crippen LogP contribution in [-0.2, 0) is 10.8 Å². The van der Waals surface area contributed by atoms with Gasteiger partial charge in [0, 0.05) is 7.11 Å². The quantitative estimate of drug-likeness (QED) is 0.292. The van der Waals surface area contributed by atoms with Gasteiger partial charge >= 0.3 is 6.11 Å². The van der Waals surface area contributed by atoms with Crippen molar-refractivity contribution in [3.63, 3.8) is 0 Å².